The van der Waals surface area contributed by atoms with Gasteiger partial charge in [0.2, 0.25) is 0 Å². The predicted molar refractivity (Wildman–Crippen MR) is 62.9 cm³/mol. The minimum absolute atomic E-state index is 0.181. The summed E-state index contributed by atoms with van der Waals surface area (Å²) in [6.45, 7) is 1.76. The zero-order valence-electron chi connectivity index (χ0n) is 9.58. The molecule has 0 unspecified atom stereocenters. The van der Waals surface area contributed by atoms with Crippen LogP contribution in [0.4, 0.5) is 10.2 Å². The Hall–Kier alpha value is -1.84. The summed E-state index contributed by atoms with van der Waals surface area (Å²) in [4.78, 5) is 0. The fraction of sp³-hybridized carbons (Fsp3) is 0.250. The zero-order chi connectivity index (χ0) is 11.7. The largest absolute Gasteiger partial charge is 0.372 e. The molecule has 0 fully saturated rings. The van der Waals surface area contributed by atoms with Gasteiger partial charge in [-0.25, -0.2) is 4.39 Å². The van der Waals surface area contributed by atoms with Crippen LogP contribution in [0.1, 0.15) is 5.56 Å². The molecule has 1 N–H and O–H groups in total. The first kappa shape index (κ1) is 10.7. The van der Waals surface area contributed by atoms with E-state index in [1.807, 2.05) is 26.2 Å². The lowest BCUT2D eigenvalue weighted by atomic mass is 10.1. The van der Waals surface area contributed by atoms with E-state index in [4.69, 9.17) is 0 Å². The highest BCUT2D eigenvalue weighted by Gasteiger charge is 2.07. The summed E-state index contributed by atoms with van der Waals surface area (Å²) < 4.78 is 14.9. The molecular formula is C12H14FN3. The van der Waals surface area contributed by atoms with E-state index < -0.39 is 0 Å². The van der Waals surface area contributed by atoms with Gasteiger partial charge in [0.25, 0.3) is 0 Å². The van der Waals surface area contributed by atoms with Crippen molar-refractivity contribution in [1.29, 1.82) is 0 Å². The molecule has 0 spiro atoms. The van der Waals surface area contributed by atoms with Gasteiger partial charge in [0.1, 0.15) is 11.6 Å². The van der Waals surface area contributed by atoms with Crippen molar-refractivity contribution in [2.75, 3.05) is 12.4 Å². The van der Waals surface area contributed by atoms with Crippen LogP contribution in [0.15, 0.2) is 24.3 Å². The quantitative estimate of drug-likeness (QED) is 0.841. The molecule has 0 saturated heterocycles. The third-order valence-corrected chi connectivity index (χ3v) is 2.59. The Kier molecular flexibility index (Phi) is 2.64. The molecule has 0 amide bonds. The molecule has 2 aromatic rings. The Morgan fingerprint density at radius 3 is 2.62 bits per heavy atom. The van der Waals surface area contributed by atoms with Gasteiger partial charge in [0, 0.05) is 25.7 Å². The van der Waals surface area contributed by atoms with Crippen LogP contribution in [0, 0.1) is 12.7 Å². The molecule has 84 valence electrons. The van der Waals surface area contributed by atoms with Crippen molar-refractivity contribution in [3.05, 3.63) is 35.6 Å². The number of hydrogen-bond donors (Lipinski definition) is 1. The van der Waals surface area contributed by atoms with E-state index in [1.54, 1.807) is 17.7 Å². The second-order valence-corrected chi connectivity index (χ2v) is 3.75. The Balaban J connectivity index is 2.49. The number of nitrogens with one attached hydrogen (secondary N) is 1. The molecule has 1 heterocycles. The van der Waals surface area contributed by atoms with Crippen molar-refractivity contribution in [2.24, 2.45) is 7.05 Å². The van der Waals surface area contributed by atoms with E-state index in [0.29, 0.717) is 5.56 Å². The minimum Gasteiger partial charge on any atom is -0.372 e. The SMILES string of the molecule is CNc1cc(-c2ccc(F)c(C)c2)n(C)n1. The first-order valence-electron chi connectivity index (χ1n) is 5.10. The lowest BCUT2D eigenvalue weighted by Crippen LogP contribution is -1.95. The van der Waals surface area contributed by atoms with E-state index in [-0.39, 0.29) is 5.82 Å². The molecule has 0 atom stereocenters. The first-order chi connectivity index (χ1) is 7.61. The molecule has 4 heteroatoms. The topological polar surface area (TPSA) is 29.9 Å². The van der Waals surface area contributed by atoms with Crippen molar-refractivity contribution in [2.45, 2.75) is 6.92 Å². The van der Waals surface area contributed by atoms with Gasteiger partial charge in [-0.1, -0.05) is 0 Å². The van der Waals surface area contributed by atoms with Crippen LogP contribution in [0.25, 0.3) is 11.3 Å². The molecule has 1 aromatic carbocycles. The maximum Gasteiger partial charge on any atom is 0.148 e. The van der Waals surface area contributed by atoms with Gasteiger partial charge in [-0.3, -0.25) is 4.68 Å². The van der Waals surface area contributed by atoms with Crippen molar-refractivity contribution in [3.63, 3.8) is 0 Å². The summed E-state index contributed by atoms with van der Waals surface area (Å²) >= 11 is 0. The van der Waals surface area contributed by atoms with Gasteiger partial charge < -0.3 is 5.32 Å². The summed E-state index contributed by atoms with van der Waals surface area (Å²) in [6, 6.07) is 7.01. The Morgan fingerprint density at radius 2 is 2.06 bits per heavy atom. The first-order valence-corrected chi connectivity index (χ1v) is 5.10. The van der Waals surface area contributed by atoms with E-state index in [2.05, 4.69) is 10.4 Å². The van der Waals surface area contributed by atoms with Crippen LogP contribution in [0.5, 0.6) is 0 Å². The van der Waals surface area contributed by atoms with Crippen molar-refractivity contribution < 1.29 is 4.39 Å². The monoisotopic (exact) mass is 219 g/mol. The van der Waals surface area contributed by atoms with Gasteiger partial charge in [-0.15, -0.1) is 0 Å². The summed E-state index contributed by atoms with van der Waals surface area (Å²) in [5.74, 6) is 0.624. The molecule has 1 aromatic heterocycles. The van der Waals surface area contributed by atoms with Crippen molar-refractivity contribution in [3.8, 4) is 11.3 Å². The van der Waals surface area contributed by atoms with Gasteiger partial charge in [-0.05, 0) is 30.7 Å². The highest BCUT2D eigenvalue weighted by atomic mass is 19.1. The molecule has 0 aliphatic rings. The number of benzene rings is 1. The van der Waals surface area contributed by atoms with Gasteiger partial charge in [-0.2, -0.15) is 5.10 Å². The highest BCUT2D eigenvalue weighted by Crippen LogP contribution is 2.23. The molecule has 2 rings (SSSR count). The number of anilines is 1. The van der Waals surface area contributed by atoms with Gasteiger partial charge in [0.05, 0.1) is 5.69 Å². The number of aromatic nitrogens is 2. The van der Waals surface area contributed by atoms with Crippen LogP contribution in [-0.4, -0.2) is 16.8 Å². The predicted octanol–water partition coefficient (Wildman–Crippen LogP) is 2.58. The third-order valence-electron chi connectivity index (χ3n) is 2.59. The minimum atomic E-state index is -0.181. The Bertz CT molecular complexity index is 517. The number of hydrogen-bond acceptors (Lipinski definition) is 2. The lowest BCUT2D eigenvalue weighted by Gasteiger charge is -2.03. The van der Waals surface area contributed by atoms with E-state index in [1.165, 1.54) is 6.07 Å². The zero-order valence-corrected chi connectivity index (χ0v) is 9.58. The fourth-order valence-electron chi connectivity index (χ4n) is 1.66. The Labute approximate surface area is 93.9 Å². The third kappa shape index (κ3) is 1.78. The van der Waals surface area contributed by atoms with E-state index in [0.717, 1.165) is 17.1 Å². The van der Waals surface area contributed by atoms with Gasteiger partial charge >= 0.3 is 0 Å². The van der Waals surface area contributed by atoms with Crippen LogP contribution in [0.2, 0.25) is 0 Å². The summed E-state index contributed by atoms with van der Waals surface area (Å²) in [7, 11) is 3.69. The summed E-state index contributed by atoms with van der Waals surface area (Å²) in [5.41, 5.74) is 2.58. The molecule has 3 nitrogen and oxygen atoms in total. The number of halogens is 1. The smallest absolute Gasteiger partial charge is 0.148 e. The maximum atomic E-state index is 13.2. The fourth-order valence-corrected chi connectivity index (χ4v) is 1.66. The Morgan fingerprint density at radius 1 is 1.31 bits per heavy atom. The molecule has 0 saturated carbocycles. The second kappa shape index (κ2) is 3.96. The van der Waals surface area contributed by atoms with Crippen LogP contribution >= 0.6 is 0 Å². The normalized spacial score (nSPS) is 10.5. The van der Waals surface area contributed by atoms with E-state index >= 15 is 0 Å². The lowest BCUT2D eigenvalue weighted by molar-refractivity contribution is 0.618. The number of rotatable bonds is 2. The highest BCUT2D eigenvalue weighted by molar-refractivity contribution is 5.64. The van der Waals surface area contributed by atoms with Crippen LogP contribution < -0.4 is 5.32 Å². The maximum absolute atomic E-state index is 13.2. The molecule has 0 aliphatic heterocycles. The van der Waals surface area contributed by atoms with Crippen LogP contribution in [-0.2, 0) is 7.05 Å². The van der Waals surface area contributed by atoms with Crippen molar-refractivity contribution in [1.82, 2.24) is 9.78 Å². The van der Waals surface area contributed by atoms with E-state index in [9.17, 15) is 4.39 Å². The standard InChI is InChI=1S/C12H14FN3/c1-8-6-9(4-5-10(8)13)11-7-12(14-2)15-16(11)3/h4-7H,1-3H3,(H,14,15). The van der Waals surface area contributed by atoms with Crippen molar-refractivity contribution >= 4 is 5.82 Å². The number of aryl methyl sites for hydroxylation is 2. The number of nitrogens with zero attached hydrogens (tertiary/aromatic N) is 2. The van der Waals surface area contributed by atoms with Crippen LogP contribution in [0.3, 0.4) is 0 Å². The average Bonchev–Trinajstić information content (AvgIpc) is 2.64. The molecule has 0 radical (unpaired) electrons. The summed E-state index contributed by atoms with van der Waals surface area (Å²) in [5, 5.41) is 7.25. The molecule has 0 aliphatic carbocycles. The summed E-state index contributed by atoms with van der Waals surface area (Å²) in [6.07, 6.45) is 0. The second-order valence-electron chi connectivity index (χ2n) is 3.75. The molecular weight excluding hydrogens is 205 g/mol. The van der Waals surface area contributed by atoms with Gasteiger partial charge in [0.15, 0.2) is 0 Å². The molecule has 16 heavy (non-hydrogen) atoms. The average molecular weight is 219 g/mol. The molecule has 0 bridgehead atoms.